The molecule has 0 aliphatic heterocycles. The summed E-state index contributed by atoms with van der Waals surface area (Å²) in [4.78, 5) is 11.4. The highest BCUT2D eigenvalue weighted by Gasteiger charge is 2.21. The normalized spacial score (nSPS) is 16.5. The molecule has 0 bridgehead atoms. The van der Waals surface area contributed by atoms with E-state index in [0.717, 1.165) is 37.4 Å². The lowest BCUT2D eigenvalue weighted by molar-refractivity contribution is -0.114. The average molecular weight is 323 g/mol. The maximum atomic E-state index is 11.4. The fourth-order valence-electron chi connectivity index (χ4n) is 2.80. The minimum Gasteiger partial charge on any atom is -0.376 e. The molecule has 0 fully saturated rings. The predicted octanol–water partition coefficient (Wildman–Crippen LogP) is 6.26. The van der Waals surface area contributed by atoms with E-state index in [4.69, 9.17) is 4.74 Å². The van der Waals surface area contributed by atoms with Gasteiger partial charge in [-0.2, -0.15) is 0 Å². The molecule has 0 radical (unpaired) electrons. The summed E-state index contributed by atoms with van der Waals surface area (Å²) >= 11 is 0. The maximum Gasteiger partial charge on any atom is 0.155 e. The molecule has 23 heavy (non-hydrogen) atoms. The van der Waals surface area contributed by atoms with Crippen LogP contribution in [-0.4, -0.2) is 18.0 Å². The Morgan fingerprint density at radius 1 is 1.22 bits per heavy atom. The molecule has 0 spiro atoms. The Labute approximate surface area is 144 Å². The van der Waals surface area contributed by atoms with Gasteiger partial charge in [-0.05, 0) is 57.6 Å². The van der Waals surface area contributed by atoms with Crippen LogP contribution in [0.15, 0.2) is 23.8 Å². The van der Waals surface area contributed by atoms with Gasteiger partial charge in [0.25, 0.3) is 0 Å². The summed E-state index contributed by atoms with van der Waals surface area (Å²) in [5, 5.41) is 0. The highest BCUT2D eigenvalue weighted by atomic mass is 16.5. The molecule has 2 heteroatoms. The second-order valence-corrected chi connectivity index (χ2v) is 6.75. The first-order chi connectivity index (χ1) is 10.9. The van der Waals surface area contributed by atoms with Crippen LogP contribution in [0.3, 0.4) is 0 Å². The van der Waals surface area contributed by atoms with Gasteiger partial charge < -0.3 is 4.74 Å². The van der Waals surface area contributed by atoms with E-state index in [0.29, 0.717) is 6.42 Å². The minimum atomic E-state index is 0.0444. The Hall–Kier alpha value is -0.890. The molecule has 0 saturated carbocycles. The highest BCUT2D eigenvalue weighted by Crippen LogP contribution is 2.26. The number of hydrogen-bond acceptors (Lipinski definition) is 2. The fraction of sp³-hybridized carbons (Fsp3) is 0.762. The van der Waals surface area contributed by atoms with Gasteiger partial charge in [-0.1, -0.05) is 52.2 Å². The van der Waals surface area contributed by atoms with Crippen LogP contribution < -0.4 is 0 Å². The molecule has 2 unspecified atom stereocenters. The zero-order valence-corrected chi connectivity index (χ0v) is 16.3. The first-order valence-corrected chi connectivity index (χ1v) is 9.42. The molecular formula is C21H38O2. The smallest absolute Gasteiger partial charge is 0.155 e. The molecule has 0 saturated heterocycles. The third-order valence-electron chi connectivity index (χ3n) is 4.72. The van der Waals surface area contributed by atoms with Crippen molar-refractivity contribution in [3.8, 4) is 0 Å². The van der Waals surface area contributed by atoms with E-state index in [1.54, 1.807) is 6.08 Å². The summed E-state index contributed by atoms with van der Waals surface area (Å²) in [6.07, 6.45) is 13.6. The molecule has 2 nitrogen and oxygen atoms in total. The summed E-state index contributed by atoms with van der Waals surface area (Å²) in [5.74, 6) is 0.928. The first kappa shape index (κ1) is 22.1. The highest BCUT2D eigenvalue weighted by molar-refractivity contribution is 5.90. The van der Waals surface area contributed by atoms with E-state index in [1.165, 1.54) is 19.3 Å². The van der Waals surface area contributed by atoms with E-state index in [-0.39, 0.29) is 11.4 Å². The third-order valence-corrected chi connectivity index (χ3v) is 4.72. The molecule has 0 aliphatic carbocycles. The summed E-state index contributed by atoms with van der Waals surface area (Å²) < 4.78 is 5.90. The standard InChI is InChI=1S/C21H38O2/c1-7-19(14-11-13-18(5)17-20(22)8-2)15-12-16-21(6,9-3)23-10-4/h11,13,17,19H,7-10,12,14-16H2,1-6H3/b13-11+,18-17+. The van der Waals surface area contributed by atoms with Crippen molar-refractivity contribution in [2.75, 3.05) is 6.61 Å². The number of carbonyl (C=O) groups is 1. The van der Waals surface area contributed by atoms with Crippen LogP contribution in [-0.2, 0) is 9.53 Å². The Bertz CT molecular complexity index is 381. The van der Waals surface area contributed by atoms with Crippen molar-refractivity contribution in [1.29, 1.82) is 0 Å². The van der Waals surface area contributed by atoms with Gasteiger partial charge in [0.1, 0.15) is 0 Å². The molecule has 2 atom stereocenters. The van der Waals surface area contributed by atoms with Gasteiger partial charge in [0.15, 0.2) is 5.78 Å². The molecule has 0 N–H and O–H groups in total. The zero-order chi connectivity index (χ0) is 17.7. The number of hydrogen-bond donors (Lipinski definition) is 0. The molecule has 0 rings (SSSR count). The first-order valence-electron chi connectivity index (χ1n) is 9.42. The predicted molar refractivity (Wildman–Crippen MR) is 101 cm³/mol. The Kier molecular flexibility index (Phi) is 12.0. The SMILES string of the molecule is CCOC(C)(CC)CCCC(CC)C/C=C/C(C)=C/C(=O)CC. The van der Waals surface area contributed by atoms with Crippen LogP contribution in [0.5, 0.6) is 0 Å². The summed E-state index contributed by atoms with van der Waals surface area (Å²) in [7, 11) is 0. The van der Waals surface area contributed by atoms with Crippen molar-refractivity contribution < 1.29 is 9.53 Å². The van der Waals surface area contributed by atoms with Gasteiger partial charge in [-0.25, -0.2) is 0 Å². The van der Waals surface area contributed by atoms with Crippen molar-refractivity contribution >= 4 is 5.78 Å². The maximum absolute atomic E-state index is 11.4. The lowest BCUT2D eigenvalue weighted by Gasteiger charge is -2.28. The molecular weight excluding hydrogens is 284 g/mol. The molecule has 0 aliphatic rings. The monoisotopic (exact) mass is 322 g/mol. The molecule has 0 heterocycles. The molecule has 134 valence electrons. The topological polar surface area (TPSA) is 26.3 Å². The van der Waals surface area contributed by atoms with Gasteiger partial charge in [0, 0.05) is 13.0 Å². The van der Waals surface area contributed by atoms with E-state index in [9.17, 15) is 4.79 Å². The molecule has 0 aromatic carbocycles. The summed E-state index contributed by atoms with van der Waals surface area (Å²) in [6, 6.07) is 0. The quantitative estimate of drug-likeness (QED) is 0.295. The van der Waals surface area contributed by atoms with Gasteiger partial charge in [0.05, 0.1) is 5.60 Å². The number of ketones is 1. The lowest BCUT2D eigenvalue weighted by atomic mass is 9.90. The van der Waals surface area contributed by atoms with Crippen molar-refractivity contribution in [3.05, 3.63) is 23.8 Å². The van der Waals surface area contributed by atoms with Gasteiger partial charge in [-0.15, -0.1) is 0 Å². The Morgan fingerprint density at radius 2 is 1.91 bits per heavy atom. The van der Waals surface area contributed by atoms with E-state index in [2.05, 4.69) is 39.8 Å². The third kappa shape index (κ3) is 10.5. The van der Waals surface area contributed by atoms with Crippen LogP contribution >= 0.6 is 0 Å². The summed E-state index contributed by atoms with van der Waals surface area (Å²) in [5.41, 5.74) is 1.10. The van der Waals surface area contributed by atoms with Gasteiger partial charge in [-0.3, -0.25) is 4.79 Å². The average Bonchev–Trinajstić information content (AvgIpc) is 2.53. The van der Waals surface area contributed by atoms with E-state index < -0.39 is 0 Å². The number of rotatable bonds is 13. The minimum absolute atomic E-state index is 0.0444. The van der Waals surface area contributed by atoms with Crippen LogP contribution in [0.4, 0.5) is 0 Å². The number of ether oxygens (including phenoxy) is 1. The Morgan fingerprint density at radius 3 is 2.43 bits per heavy atom. The largest absolute Gasteiger partial charge is 0.376 e. The van der Waals surface area contributed by atoms with E-state index in [1.807, 2.05) is 13.8 Å². The van der Waals surface area contributed by atoms with Crippen molar-refractivity contribution in [2.45, 2.75) is 92.1 Å². The van der Waals surface area contributed by atoms with Crippen molar-refractivity contribution in [2.24, 2.45) is 5.92 Å². The number of carbonyl (C=O) groups excluding carboxylic acids is 1. The van der Waals surface area contributed by atoms with E-state index >= 15 is 0 Å². The van der Waals surface area contributed by atoms with Crippen LogP contribution in [0, 0.1) is 5.92 Å². The van der Waals surface area contributed by atoms with Crippen LogP contribution in [0.1, 0.15) is 86.5 Å². The zero-order valence-electron chi connectivity index (χ0n) is 16.3. The Balaban J connectivity index is 4.26. The van der Waals surface area contributed by atoms with Crippen LogP contribution in [0.25, 0.3) is 0 Å². The summed E-state index contributed by atoms with van der Waals surface area (Å²) in [6.45, 7) is 13.5. The van der Waals surface area contributed by atoms with Crippen molar-refractivity contribution in [1.82, 2.24) is 0 Å². The van der Waals surface area contributed by atoms with Crippen molar-refractivity contribution in [3.63, 3.8) is 0 Å². The molecule has 0 amide bonds. The fourth-order valence-corrected chi connectivity index (χ4v) is 2.80. The number of allylic oxidation sites excluding steroid dienone is 4. The van der Waals surface area contributed by atoms with Gasteiger partial charge >= 0.3 is 0 Å². The second kappa shape index (κ2) is 12.5. The second-order valence-electron chi connectivity index (χ2n) is 6.75. The lowest BCUT2D eigenvalue weighted by Crippen LogP contribution is -2.27. The molecule has 0 aromatic heterocycles. The van der Waals surface area contributed by atoms with Gasteiger partial charge in [0.2, 0.25) is 0 Å². The van der Waals surface area contributed by atoms with Crippen LogP contribution in [0.2, 0.25) is 0 Å². The molecule has 0 aromatic rings.